The Hall–Kier alpha value is -2.65. The fourth-order valence-corrected chi connectivity index (χ4v) is 5.38. The number of ketones is 1. The quantitative estimate of drug-likeness (QED) is 0.428. The van der Waals surface area contributed by atoms with E-state index < -0.39 is 58.8 Å². The van der Waals surface area contributed by atoms with Crippen molar-refractivity contribution in [2.45, 2.75) is 98.4 Å². The highest BCUT2D eigenvalue weighted by molar-refractivity contribution is 6.35. The van der Waals surface area contributed by atoms with Crippen molar-refractivity contribution in [3.63, 3.8) is 0 Å². The Morgan fingerprint density at radius 1 is 1.03 bits per heavy atom. The molecule has 3 amide bonds. The van der Waals surface area contributed by atoms with Crippen LogP contribution in [0.5, 0.6) is 0 Å². The zero-order valence-corrected chi connectivity index (χ0v) is 22.6. The maximum Gasteiger partial charge on any atom is 0.408 e. The number of nitrogens with one attached hydrogen (secondary N) is 2. The lowest BCUT2D eigenvalue weighted by Gasteiger charge is -2.38. The van der Waals surface area contributed by atoms with E-state index in [0.717, 1.165) is 12.8 Å². The molecule has 36 heavy (non-hydrogen) atoms. The summed E-state index contributed by atoms with van der Waals surface area (Å²) in [5, 5.41) is 14.6. The Balaban J connectivity index is 1.83. The second-order valence-electron chi connectivity index (χ2n) is 13.2. The van der Waals surface area contributed by atoms with Crippen LogP contribution in [0.15, 0.2) is 0 Å². The fraction of sp³-hybridized carbons (Fsp3) is 0.808. The van der Waals surface area contributed by atoms with Crippen LogP contribution >= 0.6 is 0 Å². The van der Waals surface area contributed by atoms with Gasteiger partial charge in [0.15, 0.2) is 0 Å². The van der Waals surface area contributed by atoms with Crippen LogP contribution in [0.4, 0.5) is 4.79 Å². The summed E-state index contributed by atoms with van der Waals surface area (Å²) >= 11 is 0. The van der Waals surface area contributed by atoms with Crippen molar-refractivity contribution in [3.05, 3.63) is 0 Å². The van der Waals surface area contributed by atoms with Crippen LogP contribution in [0.2, 0.25) is 0 Å². The molecule has 3 rings (SSSR count). The van der Waals surface area contributed by atoms with E-state index in [1.54, 1.807) is 20.8 Å². The molecule has 0 bridgehead atoms. The summed E-state index contributed by atoms with van der Waals surface area (Å²) in [6.45, 7) is 15.1. The number of alkyl carbamates (subject to hydrolysis) is 1. The van der Waals surface area contributed by atoms with Gasteiger partial charge in [-0.05, 0) is 55.8 Å². The number of amides is 3. The first-order valence-corrected chi connectivity index (χ1v) is 12.7. The molecule has 3 N–H and O–H groups in total. The van der Waals surface area contributed by atoms with E-state index in [1.165, 1.54) is 4.90 Å². The number of carboxylic acid groups (broad SMARTS) is 1. The summed E-state index contributed by atoms with van der Waals surface area (Å²) in [7, 11) is 0. The van der Waals surface area contributed by atoms with Crippen LogP contribution in [-0.4, -0.2) is 69.9 Å². The number of hydrogen-bond acceptors (Lipinski definition) is 6. The van der Waals surface area contributed by atoms with Gasteiger partial charge in [-0.3, -0.25) is 14.4 Å². The third-order valence-corrected chi connectivity index (χ3v) is 7.64. The third-order valence-electron chi connectivity index (χ3n) is 7.64. The Morgan fingerprint density at radius 2 is 1.61 bits per heavy atom. The van der Waals surface area contributed by atoms with Crippen LogP contribution in [0.3, 0.4) is 0 Å². The molecule has 202 valence electrons. The monoisotopic (exact) mass is 507 g/mol. The number of likely N-dealkylation sites (tertiary alicyclic amines) is 1. The molecule has 1 saturated heterocycles. The minimum absolute atomic E-state index is 0.0939. The first-order chi connectivity index (χ1) is 16.3. The summed E-state index contributed by atoms with van der Waals surface area (Å²) in [6, 6.07) is -2.93. The summed E-state index contributed by atoms with van der Waals surface area (Å²) in [6.07, 6.45) is 1.35. The Kier molecular flexibility index (Phi) is 7.24. The highest BCUT2D eigenvalue weighted by Crippen LogP contribution is 2.65. The van der Waals surface area contributed by atoms with Crippen molar-refractivity contribution in [1.29, 1.82) is 0 Å². The van der Waals surface area contributed by atoms with Gasteiger partial charge in [-0.1, -0.05) is 47.5 Å². The van der Waals surface area contributed by atoms with Crippen LogP contribution < -0.4 is 10.6 Å². The number of rotatable bonds is 8. The highest BCUT2D eigenvalue weighted by Gasteiger charge is 2.70. The second kappa shape index (κ2) is 9.34. The molecule has 10 nitrogen and oxygen atoms in total. The van der Waals surface area contributed by atoms with Gasteiger partial charge < -0.3 is 25.4 Å². The van der Waals surface area contributed by atoms with Crippen molar-refractivity contribution in [3.8, 4) is 0 Å². The van der Waals surface area contributed by atoms with Crippen molar-refractivity contribution >= 4 is 29.7 Å². The van der Waals surface area contributed by atoms with Gasteiger partial charge in [0.1, 0.15) is 17.7 Å². The lowest BCUT2D eigenvalue weighted by Crippen LogP contribution is -2.60. The summed E-state index contributed by atoms with van der Waals surface area (Å²) in [4.78, 5) is 65.1. The average molecular weight is 508 g/mol. The van der Waals surface area contributed by atoms with Gasteiger partial charge >= 0.3 is 12.1 Å². The number of hydrogen-bond donors (Lipinski definition) is 3. The molecule has 3 aliphatic rings. The van der Waals surface area contributed by atoms with Gasteiger partial charge in [0.2, 0.25) is 11.8 Å². The number of Topliss-reactive ketones (excluding diaryl/α,β-unsaturated/α-hetero) is 1. The highest BCUT2D eigenvalue weighted by atomic mass is 16.6. The molecule has 0 aromatic carbocycles. The number of fused-ring (bicyclic) bond motifs is 1. The van der Waals surface area contributed by atoms with E-state index in [4.69, 9.17) is 4.74 Å². The molecule has 2 aliphatic carbocycles. The van der Waals surface area contributed by atoms with Gasteiger partial charge in [0.05, 0.1) is 6.04 Å². The molecule has 0 spiro atoms. The molecule has 0 aromatic rings. The smallest absolute Gasteiger partial charge is 0.408 e. The minimum atomic E-state index is -1.58. The van der Waals surface area contributed by atoms with E-state index in [2.05, 4.69) is 10.6 Å². The molecule has 2 unspecified atom stereocenters. The van der Waals surface area contributed by atoms with Crippen LogP contribution in [0, 0.1) is 28.6 Å². The van der Waals surface area contributed by atoms with E-state index >= 15 is 0 Å². The first-order valence-electron chi connectivity index (χ1n) is 12.7. The number of carboxylic acids is 1. The Bertz CT molecular complexity index is 942. The lowest BCUT2D eigenvalue weighted by molar-refractivity contribution is -0.151. The van der Waals surface area contributed by atoms with E-state index in [0.29, 0.717) is 6.54 Å². The third kappa shape index (κ3) is 6.00. The Morgan fingerprint density at radius 3 is 2.08 bits per heavy atom. The van der Waals surface area contributed by atoms with Crippen LogP contribution in [0.25, 0.3) is 0 Å². The average Bonchev–Trinajstić information content (AvgIpc) is 3.55. The summed E-state index contributed by atoms with van der Waals surface area (Å²) in [5.41, 5.74) is -1.59. The standard InChI is InChI=1S/C26H41N3O7/c1-24(2,3)19(28-23(35)36-25(4,5)6)21(32)29-12-14-16(26(14,7)8)17(29)20(31)27-15(11-13-9-10-13)18(30)22(33)34/h13-17,19H,9-12H2,1-8H3,(H,27,31)(H,28,35)(H,33,34)/t14-,15?,16-,17-,19?/m0/s1. The largest absolute Gasteiger partial charge is 0.475 e. The predicted octanol–water partition coefficient (Wildman–Crippen LogP) is 2.35. The van der Waals surface area contributed by atoms with Gasteiger partial charge in [-0.2, -0.15) is 0 Å². The van der Waals surface area contributed by atoms with Gasteiger partial charge in [0, 0.05) is 6.54 Å². The van der Waals surface area contributed by atoms with Gasteiger partial charge in [-0.25, -0.2) is 9.59 Å². The van der Waals surface area contributed by atoms with Crippen molar-refractivity contribution in [1.82, 2.24) is 15.5 Å². The maximum absolute atomic E-state index is 13.8. The number of nitrogens with zero attached hydrogens (tertiary/aromatic N) is 1. The summed E-state index contributed by atoms with van der Waals surface area (Å²) in [5.74, 6) is -3.36. The number of carbonyl (C=O) groups is 5. The number of carbonyl (C=O) groups excluding carboxylic acids is 4. The second-order valence-corrected chi connectivity index (χ2v) is 13.2. The molecule has 10 heteroatoms. The van der Waals surface area contributed by atoms with Gasteiger partial charge in [0.25, 0.3) is 5.78 Å². The molecule has 0 radical (unpaired) electrons. The molecule has 0 aromatic heterocycles. The zero-order chi connectivity index (χ0) is 27.4. The normalized spacial score (nSPS) is 26.3. The molecule has 2 saturated carbocycles. The SMILES string of the molecule is CC(C)(C)OC(=O)NC(C(=O)N1C[C@H]2[C@@H]([C@H]1C(=O)NC(CC1CC1)C(=O)C(=O)O)C2(C)C)C(C)(C)C. The first kappa shape index (κ1) is 27.9. The topological polar surface area (TPSA) is 142 Å². The van der Waals surface area contributed by atoms with Crippen LogP contribution in [0.1, 0.15) is 74.7 Å². The number of piperidine rings is 1. The Labute approximate surface area is 212 Å². The summed E-state index contributed by atoms with van der Waals surface area (Å²) < 4.78 is 5.36. The van der Waals surface area contributed by atoms with E-state index in [1.807, 2.05) is 34.6 Å². The van der Waals surface area contributed by atoms with Crippen molar-refractivity contribution in [2.75, 3.05) is 6.54 Å². The van der Waals surface area contributed by atoms with Crippen LogP contribution in [-0.2, 0) is 23.9 Å². The number of ether oxygens (including phenoxy) is 1. The molecular formula is C26H41N3O7. The molecule has 1 aliphatic heterocycles. The minimum Gasteiger partial charge on any atom is -0.475 e. The molecule has 1 heterocycles. The zero-order valence-electron chi connectivity index (χ0n) is 22.6. The van der Waals surface area contributed by atoms with Crippen molar-refractivity contribution < 1.29 is 33.8 Å². The van der Waals surface area contributed by atoms with E-state index in [-0.39, 0.29) is 29.6 Å². The molecular weight excluding hydrogens is 466 g/mol. The molecule has 5 atom stereocenters. The van der Waals surface area contributed by atoms with Gasteiger partial charge in [-0.15, -0.1) is 0 Å². The fourth-order valence-electron chi connectivity index (χ4n) is 5.38. The predicted molar refractivity (Wildman–Crippen MR) is 131 cm³/mol. The number of aliphatic carboxylic acids is 1. The van der Waals surface area contributed by atoms with E-state index in [9.17, 15) is 29.1 Å². The maximum atomic E-state index is 13.8. The molecule has 3 fully saturated rings. The van der Waals surface area contributed by atoms with Crippen molar-refractivity contribution in [2.24, 2.45) is 28.6 Å². The lowest BCUT2D eigenvalue weighted by atomic mass is 9.85.